The molecule has 0 aromatic carbocycles. The summed E-state index contributed by atoms with van der Waals surface area (Å²) in [5.74, 6) is 1.85. The lowest BCUT2D eigenvalue weighted by Gasteiger charge is -2.31. The van der Waals surface area contributed by atoms with Crippen molar-refractivity contribution in [3.63, 3.8) is 0 Å². The SMILES string of the molecule is CN(C)c1ccc(C(=O)NC[C@@H]2CCCO[C@H]2c2nccn2C)cn1. The molecule has 1 aliphatic heterocycles. The van der Waals surface area contributed by atoms with Crippen molar-refractivity contribution in [2.24, 2.45) is 13.0 Å². The molecule has 1 saturated heterocycles. The largest absolute Gasteiger partial charge is 0.370 e. The second-order valence-corrected chi connectivity index (χ2v) is 6.60. The molecule has 0 spiro atoms. The molecule has 1 aliphatic rings. The average molecular weight is 343 g/mol. The van der Waals surface area contributed by atoms with Crippen molar-refractivity contribution in [1.82, 2.24) is 19.9 Å². The molecule has 7 heteroatoms. The number of nitrogens with zero attached hydrogens (tertiary/aromatic N) is 4. The van der Waals surface area contributed by atoms with Crippen LogP contribution in [-0.2, 0) is 11.8 Å². The zero-order chi connectivity index (χ0) is 17.8. The fourth-order valence-electron chi connectivity index (χ4n) is 3.10. The molecule has 0 aliphatic carbocycles. The van der Waals surface area contributed by atoms with E-state index >= 15 is 0 Å². The number of hydrogen-bond donors (Lipinski definition) is 1. The van der Waals surface area contributed by atoms with Gasteiger partial charge in [-0.3, -0.25) is 4.79 Å². The number of aryl methyl sites for hydroxylation is 1. The minimum atomic E-state index is -0.109. The Hall–Kier alpha value is -2.41. The number of rotatable bonds is 5. The van der Waals surface area contributed by atoms with Gasteiger partial charge in [-0.15, -0.1) is 0 Å². The van der Waals surface area contributed by atoms with Crippen LogP contribution >= 0.6 is 0 Å². The third kappa shape index (κ3) is 3.99. The van der Waals surface area contributed by atoms with E-state index in [1.807, 2.05) is 42.9 Å². The molecule has 1 N–H and O–H groups in total. The maximum absolute atomic E-state index is 12.4. The first-order valence-corrected chi connectivity index (χ1v) is 8.56. The highest BCUT2D eigenvalue weighted by molar-refractivity contribution is 5.94. The Morgan fingerprint density at radius 1 is 1.40 bits per heavy atom. The number of imidazole rings is 1. The summed E-state index contributed by atoms with van der Waals surface area (Å²) in [6.45, 7) is 1.30. The van der Waals surface area contributed by atoms with Crippen molar-refractivity contribution in [2.45, 2.75) is 18.9 Å². The van der Waals surface area contributed by atoms with Gasteiger partial charge in [-0.25, -0.2) is 9.97 Å². The highest BCUT2D eigenvalue weighted by Crippen LogP contribution is 2.32. The van der Waals surface area contributed by atoms with Gasteiger partial charge in [0.05, 0.1) is 5.56 Å². The summed E-state index contributed by atoms with van der Waals surface area (Å²) in [7, 11) is 5.81. The number of anilines is 1. The van der Waals surface area contributed by atoms with Gasteiger partial charge < -0.3 is 19.5 Å². The second-order valence-electron chi connectivity index (χ2n) is 6.60. The molecule has 2 aromatic heterocycles. The number of amides is 1. The number of carbonyl (C=O) groups is 1. The van der Waals surface area contributed by atoms with Crippen LogP contribution in [0.5, 0.6) is 0 Å². The minimum absolute atomic E-state index is 0.0803. The number of ether oxygens (including phenoxy) is 1. The van der Waals surface area contributed by atoms with Gasteiger partial charge in [0.2, 0.25) is 0 Å². The predicted octanol–water partition coefficient (Wildman–Crippen LogP) is 1.78. The number of pyridine rings is 1. The van der Waals surface area contributed by atoms with Crippen LogP contribution in [0.25, 0.3) is 0 Å². The molecule has 7 nitrogen and oxygen atoms in total. The van der Waals surface area contributed by atoms with E-state index in [1.165, 1.54) is 0 Å². The lowest BCUT2D eigenvalue weighted by atomic mass is 9.93. The Balaban J connectivity index is 1.63. The van der Waals surface area contributed by atoms with E-state index < -0.39 is 0 Å². The van der Waals surface area contributed by atoms with Gasteiger partial charge in [-0.05, 0) is 25.0 Å². The zero-order valence-electron chi connectivity index (χ0n) is 15.0. The van der Waals surface area contributed by atoms with Crippen LogP contribution in [0.15, 0.2) is 30.7 Å². The Bertz CT molecular complexity index is 711. The Morgan fingerprint density at radius 3 is 2.88 bits per heavy atom. The van der Waals surface area contributed by atoms with Gasteiger partial charge >= 0.3 is 0 Å². The fraction of sp³-hybridized carbons (Fsp3) is 0.500. The first-order valence-electron chi connectivity index (χ1n) is 8.56. The molecule has 3 heterocycles. The Kier molecular flexibility index (Phi) is 5.33. The molecule has 1 fully saturated rings. The maximum Gasteiger partial charge on any atom is 0.252 e. The average Bonchev–Trinajstić information content (AvgIpc) is 3.05. The number of carbonyl (C=O) groups excluding carboxylic acids is 1. The first-order chi connectivity index (χ1) is 12.1. The lowest BCUT2D eigenvalue weighted by Crippen LogP contribution is -2.36. The van der Waals surface area contributed by atoms with Crippen LogP contribution in [-0.4, -0.2) is 47.7 Å². The third-order valence-corrected chi connectivity index (χ3v) is 4.55. The summed E-state index contributed by atoms with van der Waals surface area (Å²) in [6, 6.07) is 3.64. The molecule has 1 amide bonds. The molecule has 0 bridgehead atoms. The Morgan fingerprint density at radius 2 is 2.24 bits per heavy atom. The van der Waals surface area contributed by atoms with Crippen LogP contribution in [0, 0.1) is 5.92 Å². The van der Waals surface area contributed by atoms with E-state index in [-0.39, 0.29) is 17.9 Å². The summed E-state index contributed by atoms with van der Waals surface area (Å²) >= 11 is 0. The van der Waals surface area contributed by atoms with Gasteiger partial charge in [0, 0.05) is 58.8 Å². The highest BCUT2D eigenvalue weighted by Gasteiger charge is 2.30. The van der Waals surface area contributed by atoms with Crippen molar-refractivity contribution < 1.29 is 9.53 Å². The van der Waals surface area contributed by atoms with Crippen molar-refractivity contribution in [1.29, 1.82) is 0 Å². The zero-order valence-corrected chi connectivity index (χ0v) is 15.0. The van der Waals surface area contributed by atoms with Gasteiger partial charge in [0.1, 0.15) is 17.7 Å². The molecule has 0 radical (unpaired) electrons. The second kappa shape index (κ2) is 7.65. The van der Waals surface area contributed by atoms with Gasteiger partial charge in [0.25, 0.3) is 5.91 Å². The molecule has 25 heavy (non-hydrogen) atoms. The summed E-state index contributed by atoms with van der Waals surface area (Å²) in [5, 5.41) is 3.02. The summed E-state index contributed by atoms with van der Waals surface area (Å²) in [5.41, 5.74) is 0.566. The minimum Gasteiger partial charge on any atom is -0.370 e. The number of hydrogen-bond acceptors (Lipinski definition) is 5. The van der Waals surface area contributed by atoms with Gasteiger partial charge in [-0.1, -0.05) is 0 Å². The Labute approximate surface area is 148 Å². The van der Waals surface area contributed by atoms with E-state index in [0.29, 0.717) is 12.1 Å². The van der Waals surface area contributed by atoms with E-state index in [0.717, 1.165) is 31.1 Å². The molecule has 2 atom stereocenters. The highest BCUT2D eigenvalue weighted by atomic mass is 16.5. The van der Waals surface area contributed by atoms with Crippen molar-refractivity contribution in [3.05, 3.63) is 42.1 Å². The van der Waals surface area contributed by atoms with E-state index in [1.54, 1.807) is 18.5 Å². The summed E-state index contributed by atoms with van der Waals surface area (Å²) in [6.07, 6.45) is 7.24. The molecular formula is C18H25N5O2. The van der Waals surface area contributed by atoms with Crippen molar-refractivity contribution in [2.75, 3.05) is 32.1 Å². The van der Waals surface area contributed by atoms with Crippen LogP contribution in [0.3, 0.4) is 0 Å². The third-order valence-electron chi connectivity index (χ3n) is 4.55. The van der Waals surface area contributed by atoms with E-state index in [4.69, 9.17) is 4.74 Å². The van der Waals surface area contributed by atoms with E-state index in [9.17, 15) is 4.79 Å². The predicted molar refractivity (Wildman–Crippen MR) is 95.5 cm³/mol. The lowest BCUT2D eigenvalue weighted by molar-refractivity contribution is -0.0337. The monoisotopic (exact) mass is 343 g/mol. The van der Waals surface area contributed by atoms with Crippen molar-refractivity contribution >= 4 is 11.7 Å². The van der Waals surface area contributed by atoms with Gasteiger partial charge in [0.15, 0.2) is 0 Å². The van der Waals surface area contributed by atoms with Crippen LogP contribution in [0.4, 0.5) is 5.82 Å². The van der Waals surface area contributed by atoms with Crippen LogP contribution in [0.2, 0.25) is 0 Å². The molecular weight excluding hydrogens is 318 g/mol. The number of nitrogens with one attached hydrogen (secondary N) is 1. The summed E-state index contributed by atoms with van der Waals surface area (Å²) in [4.78, 5) is 23.0. The topological polar surface area (TPSA) is 72.3 Å². The quantitative estimate of drug-likeness (QED) is 0.896. The van der Waals surface area contributed by atoms with Crippen molar-refractivity contribution in [3.8, 4) is 0 Å². The standard InChI is InChI=1S/C18H25N5O2/c1-22(2)15-7-6-14(12-20-15)18(24)21-11-13-5-4-10-25-16(13)17-19-8-9-23(17)3/h6-9,12-13,16H,4-5,10-11H2,1-3H3,(H,21,24)/t13-,16+/m0/s1. The maximum atomic E-state index is 12.4. The molecule has 3 rings (SSSR count). The molecule has 0 saturated carbocycles. The normalized spacial score (nSPS) is 20.3. The van der Waals surface area contributed by atoms with Crippen LogP contribution < -0.4 is 10.2 Å². The fourth-order valence-corrected chi connectivity index (χ4v) is 3.10. The molecule has 0 unspecified atom stereocenters. The first kappa shape index (κ1) is 17.4. The smallest absolute Gasteiger partial charge is 0.252 e. The van der Waals surface area contributed by atoms with E-state index in [2.05, 4.69) is 15.3 Å². The molecule has 2 aromatic rings. The summed E-state index contributed by atoms with van der Waals surface area (Å²) < 4.78 is 7.92. The number of aromatic nitrogens is 3. The van der Waals surface area contributed by atoms with Crippen LogP contribution in [0.1, 0.15) is 35.1 Å². The molecule has 134 valence electrons. The van der Waals surface area contributed by atoms with Gasteiger partial charge in [-0.2, -0.15) is 0 Å².